The van der Waals surface area contributed by atoms with Gasteiger partial charge in [-0.1, -0.05) is 6.92 Å². The molecular formula is C16H24FN3O. The van der Waals surface area contributed by atoms with E-state index in [0.717, 1.165) is 18.8 Å². The second-order valence-corrected chi connectivity index (χ2v) is 6.11. The molecule has 1 amide bonds. The Labute approximate surface area is 125 Å². The number of hydrogen-bond donors (Lipinski definition) is 2. The van der Waals surface area contributed by atoms with Crippen LogP contribution >= 0.6 is 0 Å². The summed E-state index contributed by atoms with van der Waals surface area (Å²) in [5.74, 6) is 5.24. The predicted molar refractivity (Wildman–Crippen MR) is 80.9 cm³/mol. The summed E-state index contributed by atoms with van der Waals surface area (Å²) in [5.41, 5.74) is 3.00. The molecule has 3 N–H and O–H groups in total. The van der Waals surface area contributed by atoms with Gasteiger partial charge in [0.25, 0.3) is 5.91 Å². The Bertz CT molecular complexity index is 498. The minimum atomic E-state index is -0.398. The van der Waals surface area contributed by atoms with E-state index in [1.807, 2.05) is 7.05 Å². The van der Waals surface area contributed by atoms with E-state index in [2.05, 4.69) is 17.2 Å². The van der Waals surface area contributed by atoms with Crippen LogP contribution in [0.25, 0.3) is 0 Å². The molecule has 1 aromatic rings. The molecule has 0 aromatic heterocycles. The van der Waals surface area contributed by atoms with Gasteiger partial charge >= 0.3 is 0 Å². The molecule has 1 aliphatic carbocycles. The topological polar surface area (TPSA) is 58.4 Å². The Morgan fingerprint density at radius 2 is 2.05 bits per heavy atom. The van der Waals surface area contributed by atoms with E-state index in [0.29, 0.717) is 23.7 Å². The monoisotopic (exact) mass is 293 g/mol. The van der Waals surface area contributed by atoms with Crippen molar-refractivity contribution in [2.24, 2.45) is 11.8 Å². The number of nitrogens with zero attached hydrogens (tertiary/aromatic N) is 1. The number of nitrogen functional groups attached to an aromatic ring is 1. The molecule has 0 heterocycles. The first kappa shape index (κ1) is 15.9. The average molecular weight is 293 g/mol. The summed E-state index contributed by atoms with van der Waals surface area (Å²) in [6.07, 6.45) is 4.77. The lowest BCUT2D eigenvalue weighted by atomic mass is 9.86. The number of amides is 1. The maximum Gasteiger partial charge on any atom is 0.265 e. The Kier molecular flexibility index (Phi) is 5.31. The summed E-state index contributed by atoms with van der Waals surface area (Å²) in [7, 11) is 2.02. The average Bonchev–Trinajstić information content (AvgIpc) is 2.49. The molecule has 0 unspecified atom stereocenters. The van der Waals surface area contributed by atoms with Gasteiger partial charge < -0.3 is 0 Å². The van der Waals surface area contributed by atoms with Gasteiger partial charge in [0.15, 0.2) is 0 Å². The molecule has 0 bridgehead atoms. The maximum absolute atomic E-state index is 13.9. The zero-order chi connectivity index (χ0) is 15.4. The zero-order valence-corrected chi connectivity index (χ0v) is 12.7. The van der Waals surface area contributed by atoms with Crippen LogP contribution in [0.2, 0.25) is 0 Å². The minimum Gasteiger partial charge on any atom is -0.299 e. The molecule has 0 saturated heterocycles. The summed E-state index contributed by atoms with van der Waals surface area (Å²) in [6, 6.07) is 4.85. The van der Waals surface area contributed by atoms with Gasteiger partial charge in [0, 0.05) is 23.7 Å². The molecule has 1 aromatic carbocycles. The van der Waals surface area contributed by atoms with Crippen LogP contribution in [0.4, 0.5) is 4.39 Å². The third-order valence-corrected chi connectivity index (χ3v) is 4.47. The van der Waals surface area contributed by atoms with E-state index in [-0.39, 0.29) is 5.82 Å². The summed E-state index contributed by atoms with van der Waals surface area (Å²) in [4.78, 5) is 13.7. The van der Waals surface area contributed by atoms with Crippen molar-refractivity contribution in [1.82, 2.24) is 10.3 Å². The summed E-state index contributed by atoms with van der Waals surface area (Å²) < 4.78 is 13.9. The van der Waals surface area contributed by atoms with Crippen molar-refractivity contribution in [3.63, 3.8) is 0 Å². The van der Waals surface area contributed by atoms with Gasteiger partial charge in [-0.3, -0.25) is 15.1 Å². The van der Waals surface area contributed by atoms with Gasteiger partial charge in [-0.15, -0.1) is 0 Å². The van der Waals surface area contributed by atoms with Gasteiger partial charge in [-0.05, 0) is 56.8 Å². The van der Waals surface area contributed by atoms with Gasteiger partial charge in [-0.25, -0.2) is 10.2 Å². The Morgan fingerprint density at radius 1 is 1.38 bits per heavy atom. The van der Waals surface area contributed by atoms with E-state index in [4.69, 9.17) is 5.84 Å². The van der Waals surface area contributed by atoms with E-state index in [9.17, 15) is 9.18 Å². The number of hydrogen-bond acceptors (Lipinski definition) is 3. The number of nitrogens with one attached hydrogen (secondary N) is 1. The van der Waals surface area contributed by atoms with E-state index in [1.54, 1.807) is 6.07 Å². The van der Waals surface area contributed by atoms with E-state index < -0.39 is 5.91 Å². The molecule has 0 atom stereocenters. The van der Waals surface area contributed by atoms with Crippen molar-refractivity contribution in [1.29, 1.82) is 0 Å². The standard InChI is InChI=1S/C16H24FN3O/c1-11-3-6-14(7-4-11)20(2)10-13-9-12(16(21)19-18)5-8-15(13)17/h5,8-9,11,14H,3-4,6-7,10,18H2,1-2H3,(H,19,21). The normalized spacial score (nSPS) is 22.3. The molecule has 0 aliphatic heterocycles. The van der Waals surface area contributed by atoms with Crippen molar-refractivity contribution in [3.05, 3.63) is 35.1 Å². The number of hydrazine groups is 1. The highest BCUT2D eigenvalue weighted by Gasteiger charge is 2.22. The van der Waals surface area contributed by atoms with Crippen LogP contribution in [-0.4, -0.2) is 23.9 Å². The molecule has 116 valence electrons. The Balaban J connectivity index is 2.06. The quantitative estimate of drug-likeness (QED) is 0.509. The first-order chi connectivity index (χ1) is 10.0. The van der Waals surface area contributed by atoms with E-state index in [1.165, 1.54) is 25.0 Å². The second kappa shape index (κ2) is 7.00. The fourth-order valence-corrected chi connectivity index (χ4v) is 3.00. The predicted octanol–water partition coefficient (Wildman–Crippen LogP) is 2.44. The van der Waals surface area contributed by atoms with Crippen molar-refractivity contribution >= 4 is 5.91 Å². The highest BCUT2D eigenvalue weighted by Crippen LogP contribution is 2.27. The molecule has 0 spiro atoms. The van der Waals surface area contributed by atoms with Crippen LogP contribution in [-0.2, 0) is 6.54 Å². The SMILES string of the molecule is CC1CCC(N(C)Cc2cc(C(=O)NN)ccc2F)CC1. The van der Waals surface area contributed by atoms with Crippen molar-refractivity contribution in [2.45, 2.75) is 45.2 Å². The molecule has 2 rings (SSSR count). The summed E-state index contributed by atoms with van der Waals surface area (Å²) in [6.45, 7) is 2.79. The van der Waals surface area contributed by atoms with Crippen LogP contribution < -0.4 is 11.3 Å². The Hall–Kier alpha value is -1.46. The second-order valence-electron chi connectivity index (χ2n) is 6.11. The third kappa shape index (κ3) is 4.02. The highest BCUT2D eigenvalue weighted by molar-refractivity contribution is 5.93. The first-order valence-corrected chi connectivity index (χ1v) is 7.51. The van der Waals surface area contributed by atoms with Gasteiger partial charge in [0.1, 0.15) is 5.82 Å². The number of carbonyl (C=O) groups excluding carboxylic acids is 1. The lowest BCUT2D eigenvalue weighted by Gasteiger charge is -2.33. The smallest absolute Gasteiger partial charge is 0.265 e. The van der Waals surface area contributed by atoms with Gasteiger partial charge in [0.05, 0.1) is 0 Å². The number of carbonyl (C=O) groups is 1. The molecule has 5 heteroatoms. The molecule has 1 fully saturated rings. The van der Waals surface area contributed by atoms with Crippen molar-refractivity contribution in [2.75, 3.05) is 7.05 Å². The van der Waals surface area contributed by atoms with Crippen LogP contribution in [0.5, 0.6) is 0 Å². The van der Waals surface area contributed by atoms with Crippen LogP contribution in [0.3, 0.4) is 0 Å². The summed E-state index contributed by atoms with van der Waals surface area (Å²) in [5, 5.41) is 0. The zero-order valence-electron chi connectivity index (χ0n) is 12.7. The van der Waals surface area contributed by atoms with Crippen molar-refractivity contribution in [3.8, 4) is 0 Å². The summed E-state index contributed by atoms with van der Waals surface area (Å²) >= 11 is 0. The Morgan fingerprint density at radius 3 is 2.67 bits per heavy atom. The van der Waals surface area contributed by atoms with E-state index >= 15 is 0 Å². The number of benzene rings is 1. The molecule has 4 nitrogen and oxygen atoms in total. The molecule has 21 heavy (non-hydrogen) atoms. The minimum absolute atomic E-state index is 0.278. The first-order valence-electron chi connectivity index (χ1n) is 7.51. The highest BCUT2D eigenvalue weighted by atomic mass is 19.1. The number of nitrogens with two attached hydrogens (primary N) is 1. The molecular weight excluding hydrogens is 269 g/mol. The lowest BCUT2D eigenvalue weighted by Crippen LogP contribution is -2.34. The lowest BCUT2D eigenvalue weighted by molar-refractivity contribution is 0.0953. The number of halogens is 1. The maximum atomic E-state index is 13.9. The van der Waals surface area contributed by atoms with Crippen LogP contribution in [0.15, 0.2) is 18.2 Å². The third-order valence-electron chi connectivity index (χ3n) is 4.47. The fraction of sp³-hybridized carbons (Fsp3) is 0.562. The van der Waals surface area contributed by atoms with Crippen LogP contribution in [0.1, 0.15) is 48.5 Å². The molecule has 0 radical (unpaired) electrons. The molecule has 1 aliphatic rings. The number of rotatable bonds is 4. The van der Waals surface area contributed by atoms with Crippen molar-refractivity contribution < 1.29 is 9.18 Å². The molecule has 1 saturated carbocycles. The van der Waals surface area contributed by atoms with Crippen LogP contribution in [0, 0.1) is 11.7 Å². The van der Waals surface area contributed by atoms with Gasteiger partial charge in [0.2, 0.25) is 0 Å². The largest absolute Gasteiger partial charge is 0.299 e. The fourth-order valence-electron chi connectivity index (χ4n) is 3.00. The van der Waals surface area contributed by atoms with Gasteiger partial charge in [-0.2, -0.15) is 0 Å².